The van der Waals surface area contributed by atoms with Crippen molar-refractivity contribution in [1.82, 2.24) is 0 Å². The van der Waals surface area contributed by atoms with Crippen molar-refractivity contribution < 1.29 is 9.53 Å². The van der Waals surface area contributed by atoms with Crippen LogP contribution in [0.1, 0.15) is 87.1 Å². The fourth-order valence-electron chi connectivity index (χ4n) is 2.65. The zero-order valence-corrected chi connectivity index (χ0v) is 16.5. The molecule has 1 aromatic carbocycles. The number of hydrogen-bond donors (Lipinski definition) is 0. The molecule has 4 heteroatoms. The molecule has 0 saturated heterocycles. The highest BCUT2D eigenvalue weighted by Gasteiger charge is 2.13. The Morgan fingerprint density at radius 2 is 1.42 bits per heavy atom. The quantitative estimate of drug-likeness (QED) is 0.282. The van der Waals surface area contributed by atoms with E-state index in [0.717, 1.165) is 18.4 Å². The van der Waals surface area contributed by atoms with E-state index in [0.29, 0.717) is 22.2 Å². The summed E-state index contributed by atoms with van der Waals surface area (Å²) in [5, 5.41) is 0.907. The lowest BCUT2D eigenvalue weighted by atomic mass is 10.1. The first-order chi connectivity index (χ1) is 11.6. The molecule has 2 nitrogen and oxygen atoms in total. The van der Waals surface area contributed by atoms with Crippen molar-refractivity contribution in [3.63, 3.8) is 0 Å². The highest BCUT2D eigenvalue weighted by Crippen LogP contribution is 2.25. The van der Waals surface area contributed by atoms with Crippen LogP contribution in [0.4, 0.5) is 0 Å². The largest absolute Gasteiger partial charge is 0.462 e. The average molecular weight is 373 g/mol. The van der Waals surface area contributed by atoms with Gasteiger partial charge in [-0.15, -0.1) is 0 Å². The standard InChI is InChI=1S/C20H30Cl2O2/c1-3-4-5-6-7-8-9-10-11-12-13-24-20(23)17-14-16(2)18(21)15-19(17)22/h14-15H,3-13H2,1-2H3. The van der Waals surface area contributed by atoms with Gasteiger partial charge in [0.15, 0.2) is 0 Å². The summed E-state index contributed by atoms with van der Waals surface area (Å²) in [5.41, 5.74) is 1.22. The van der Waals surface area contributed by atoms with Gasteiger partial charge in [0.25, 0.3) is 0 Å². The highest BCUT2D eigenvalue weighted by atomic mass is 35.5. The average Bonchev–Trinajstić information content (AvgIpc) is 2.55. The molecule has 0 heterocycles. The van der Waals surface area contributed by atoms with E-state index in [2.05, 4.69) is 6.92 Å². The molecule has 24 heavy (non-hydrogen) atoms. The first kappa shape index (κ1) is 21.3. The van der Waals surface area contributed by atoms with Crippen LogP contribution in [0, 0.1) is 6.92 Å². The molecule has 0 radical (unpaired) electrons. The lowest BCUT2D eigenvalue weighted by Crippen LogP contribution is -2.07. The molecule has 0 amide bonds. The number of carbonyl (C=O) groups excluding carboxylic acids is 1. The van der Waals surface area contributed by atoms with E-state index < -0.39 is 0 Å². The molecule has 0 bridgehead atoms. The Bertz CT molecular complexity index is 501. The van der Waals surface area contributed by atoms with Gasteiger partial charge in [-0.1, -0.05) is 87.9 Å². The van der Waals surface area contributed by atoms with Gasteiger partial charge in [-0.2, -0.15) is 0 Å². The van der Waals surface area contributed by atoms with Crippen LogP contribution in [0.25, 0.3) is 0 Å². The van der Waals surface area contributed by atoms with Crippen LogP contribution in [-0.2, 0) is 4.74 Å². The number of esters is 1. The highest BCUT2D eigenvalue weighted by molar-refractivity contribution is 6.37. The monoisotopic (exact) mass is 372 g/mol. The minimum atomic E-state index is -0.365. The van der Waals surface area contributed by atoms with Gasteiger partial charge in [-0.05, 0) is 31.0 Å². The van der Waals surface area contributed by atoms with E-state index in [1.54, 1.807) is 12.1 Å². The van der Waals surface area contributed by atoms with Gasteiger partial charge in [-0.3, -0.25) is 0 Å². The predicted octanol–water partition coefficient (Wildman–Crippen LogP) is 7.38. The second-order valence-corrected chi connectivity index (χ2v) is 7.21. The fourth-order valence-corrected chi connectivity index (χ4v) is 3.11. The smallest absolute Gasteiger partial charge is 0.339 e. The van der Waals surface area contributed by atoms with E-state index in [1.807, 2.05) is 6.92 Å². The van der Waals surface area contributed by atoms with Crippen LogP contribution in [0.15, 0.2) is 12.1 Å². The van der Waals surface area contributed by atoms with Crippen molar-refractivity contribution in [2.75, 3.05) is 6.61 Å². The van der Waals surface area contributed by atoms with E-state index in [-0.39, 0.29) is 5.97 Å². The Kier molecular flexibility index (Phi) is 11.2. The molecular weight excluding hydrogens is 343 g/mol. The Morgan fingerprint density at radius 1 is 0.875 bits per heavy atom. The van der Waals surface area contributed by atoms with Gasteiger partial charge in [-0.25, -0.2) is 4.79 Å². The molecule has 0 fully saturated rings. The number of aryl methyl sites for hydroxylation is 1. The molecule has 1 aromatic rings. The van der Waals surface area contributed by atoms with Gasteiger partial charge in [0.2, 0.25) is 0 Å². The maximum Gasteiger partial charge on any atom is 0.339 e. The Balaban J connectivity index is 2.09. The summed E-state index contributed by atoms with van der Waals surface area (Å²) in [7, 11) is 0. The SMILES string of the molecule is CCCCCCCCCCCCOC(=O)c1cc(C)c(Cl)cc1Cl. The normalized spacial score (nSPS) is 10.8. The molecule has 0 spiro atoms. The van der Waals surface area contributed by atoms with Crippen LogP contribution in [-0.4, -0.2) is 12.6 Å². The zero-order valence-electron chi connectivity index (χ0n) is 15.0. The Morgan fingerprint density at radius 3 is 2.00 bits per heavy atom. The third-order valence-corrected chi connectivity index (χ3v) is 4.92. The fraction of sp³-hybridized carbons (Fsp3) is 0.650. The van der Waals surface area contributed by atoms with Crippen molar-refractivity contribution in [2.45, 2.75) is 78.1 Å². The summed E-state index contributed by atoms with van der Waals surface area (Å²) < 4.78 is 5.31. The summed E-state index contributed by atoms with van der Waals surface area (Å²) in [6, 6.07) is 3.28. The van der Waals surface area contributed by atoms with Gasteiger partial charge in [0.1, 0.15) is 0 Å². The maximum absolute atomic E-state index is 12.0. The minimum absolute atomic E-state index is 0.346. The first-order valence-electron chi connectivity index (χ1n) is 9.19. The molecule has 0 N–H and O–H groups in total. The number of halogens is 2. The van der Waals surface area contributed by atoms with Crippen molar-refractivity contribution in [3.8, 4) is 0 Å². The lowest BCUT2D eigenvalue weighted by molar-refractivity contribution is 0.0498. The number of hydrogen-bond acceptors (Lipinski definition) is 2. The van der Waals surface area contributed by atoms with E-state index in [4.69, 9.17) is 27.9 Å². The summed E-state index contributed by atoms with van der Waals surface area (Å²) in [5.74, 6) is -0.365. The molecule has 0 aliphatic heterocycles. The van der Waals surface area contributed by atoms with Crippen molar-refractivity contribution >= 4 is 29.2 Å². The molecule has 0 unspecified atom stereocenters. The number of unbranched alkanes of at least 4 members (excludes halogenated alkanes) is 9. The third-order valence-electron chi connectivity index (χ3n) is 4.20. The summed E-state index contributed by atoms with van der Waals surface area (Å²) >= 11 is 12.0. The topological polar surface area (TPSA) is 26.3 Å². The second-order valence-electron chi connectivity index (χ2n) is 6.40. The molecule has 0 aliphatic carbocycles. The van der Waals surface area contributed by atoms with Crippen LogP contribution >= 0.6 is 23.2 Å². The summed E-state index contributed by atoms with van der Waals surface area (Å²) in [4.78, 5) is 12.0. The Hall–Kier alpha value is -0.730. The Labute approximate surface area is 156 Å². The number of carbonyl (C=O) groups is 1. The van der Waals surface area contributed by atoms with Gasteiger partial charge >= 0.3 is 5.97 Å². The maximum atomic E-state index is 12.0. The number of rotatable bonds is 12. The molecule has 136 valence electrons. The van der Waals surface area contributed by atoms with E-state index in [9.17, 15) is 4.79 Å². The van der Waals surface area contributed by atoms with Crippen LogP contribution in [0.2, 0.25) is 10.0 Å². The first-order valence-corrected chi connectivity index (χ1v) is 9.94. The molecule has 0 aliphatic rings. The van der Waals surface area contributed by atoms with Crippen molar-refractivity contribution in [1.29, 1.82) is 0 Å². The van der Waals surface area contributed by atoms with Crippen molar-refractivity contribution in [2.24, 2.45) is 0 Å². The van der Waals surface area contributed by atoms with E-state index >= 15 is 0 Å². The van der Waals surface area contributed by atoms with Gasteiger partial charge in [0.05, 0.1) is 17.2 Å². The molecule has 1 rings (SSSR count). The van der Waals surface area contributed by atoms with Crippen molar-refractivity contribution in [3.05, 3.63) is 33.3 Å². The van der Waals surface area contributed by atoms with Crippen LogP contribution < -0.4 is 0 Å². The zero-order chi connectivity index (χ0) is 17.8. The predicted molar refractivity (Wildman–Crippen MR) is 103 cm³/mol. The number of benzene rings is 1. The summed E-state index contributed by atoms with van der Waals surface area (Å²) in [6.45, 7) is 4.54. The second kappa shape index (κ2) is 12.6. The molecule has 0 saturated carbocycles. The van der Waals surface area contributed by atoms with Gasteiger partial charge in [0, 0.05) is 5.02 Å². The summed E-state index contributed by atoms with van der Waals surface area (Å²) in [6.07, 6.45) is 12.6. The molecule has 0 atom stereocenters. The number of ether oxygens (including phenoxy) is 1. The third kappa shape index (κ3) is 8.39. The van der Waals surface area contributed by atoms with E-state index in [1.165, 1.54) is 51.4 Å². The van der Waals surface area contributed by atoms with Gasteiger partial charge < -0.3 is 4.74 Å². The van der Waals surface area contributed by atoms with Crippen LogP contribution in [0.3, 0.4) is 0 Å². The molecule has 0 aromatic heterocycles. The lowest BCUT2D eigenvalue weighted by Gasteiger charge is -2.08. The minimum Gasteiger partial charge on any atom is -0.462 e. The molecular formula is C20H30Cl2O2. The van der Waals surface area contributed by atoms with Crippen LogP contribution in [0.5, 0.6) is 0 Å².